The second-order valence-corrected chi connectivity index (χ2v) is 8.84. The van der Waals surface area contributed by atoms with Crippen LogP contribution < -0.4 is 5.73 Å². The van der Waals surface area contributed by atoms with Crippen molar-refractivity contribution in [3.63, 3.8) is 0 Å². The van der Waals surface area contributed by atoms with Crippen LogP contribution in [-0.2, 0) is 14.4 Å². The number of likely N-dealkylation sites (tertiary alicyclic amines) is 1. The van der Waals surface area contributed by atoms with Gasteiger partial charge in [0.15, 0.2) is 0 Å². The number of amides is 2. The van der Waals surface area contributed by atoms with E-state index in [1.165, 1.54) is 22.4 Å². The van der Waals surface area contributed by atoms with E-state index in [9.17, 15) is 19.5 Å². The lowest BCUT2D eigenvalue weighted by Crippen LogP contribution is -2.41. The Bertz CT molecular complexity index is 1250. The summed E-state index contributed by atoms with van der Waals surface area (Å²) >= 11 is 0. The summed E-state index contributed by atoms with van der Waals surface area (Å²) in [6.07, 6.45) is 6.82. The number of hydrogen-bond acceptors (Lipinski definition) is 8. The van der Waals surface area contributed by atoms with Crippen molar-refractivity contribution in [3.05, 3.63) is 47.6 Å². The number of nitrogens with two attached hydrogens (primary N) is 1. The van der Waals surface area contributed by atoms with E-state index in [4.69, 9.17) is 10.6 Å². The summed E-state index contributed by atoms with van der Waals surface area (Å²) in [5.41, 5.74) is 9.38. The maximum Gasteiger partial charge on any atom is 0.326 e. The number of carbonyl (C=O) groups is 3. The third-order valence-corrected chi connectivity index (χ3v) is 6.18. The van der Waals surface area contributed by atoms with Crippen LogP contribution in [0.1, 0.15) is 55.7 Å². The van der Waals surface area contributed by atoms with Gasteiger partial charge in [0, 0.05) is 48.6 Å². The third-order valence-electron chi connectivity index (χ3n) is 6.18. The van der Waals surface area contributed by atoms with Crippen molar-refractivity contribution in [3.8, 4) is 11.1 Å². The Hall–Kier alpha value is -4.12. The van der Waals surface area contributed by atoms with Gasteiger partial charge in [-0.15, -0.1) is 0 Å². The molecule has 2 aliphatic rings. The van der Waals surface area contributed by atoms with Gasteiger partial charge in [0.1, 0.15) is 11.9 Å². The summed E-state index contributed by atoms with van der Waals surface area (Å²) in [5.74, 6) is -1.51. The predicted molar refractivity (Wildman–Crippen MR) is 137 cm³/mol. The van der Waals surface area contributed by atoms with E-state index in [0.717, 1.165) is 17.5 Å². The molecular weight excluding hydrogens is 476 g/mol. The molecule has 4 rings (SSSR count). The molecule has 1 aromatic heterocycles. The van der Waals surface area contributed by atoms with E-state index in [0.29, 0.717) is 55.2 Å². The highest BCUT2D eigenvalue weighted by Gasteiger charge is 2.35. The average Bonchev–Trinajstić information content (AvgIpc) is 3.32. The number of aromatic nitrogens is 2. The van der Waals surface area contributed by atoms with E-state index in [1.54, 1.807) is 6.08 Å². The Labute approximate surface area is 214 Å². The molecule has 11 nitrogen and oxygen atoms in total. The first-order chi connectivity index (χ1) is 17.8. The minimum Gasteiger partial charge on any atom is -0.480 e. The number of aliphatic imine (C=N–C) groups is 1. The van der Waals surface area contributed by atoms with Gasteiger partial charge in [0.05, 0.1) is 12.3 Å². The summed E-state index contributed by atoms with van der Waals surface area (Å²) in [4.78, 5) is 56.9. The van der Waals surface area contributed by atoms with E-state index in [-0.39, 0.29) is 18.2 Å². The van der Waals surface area contributed by atoms with E-state index >= 15 is 0 Å². The minimum absolute atomic E-state index is 0.0501. The number of benzene rings is 1. The molecule has 1 saturated heterocycles. The summed E-state index contributed by atoms with van der Waals surface area (Å²) in [6.45, 7) is 5.02. The van der Waals surface area contributed by atoms with Gasteiger partial charge in [-0.2, -0.15) is 0 Å². The van der Waals surface area contributed by atoms with E-state index in [1.807, 2.05) is 32.0 Å². The van der Waals surface area contributed by atoms with Crippen molar-refractivity contribution in [2.45, 2.75) is 45.6 Å². The van der Waals surface area contributed by atoms with Crippen LogP contribution in [-0.4, -0.2) is 74.4 Å². The van der Waals surface area contributed by atoms with Crippen molar-refractivity contribution in [1.82, 2.24) is 19.9 Å². The van der Waals surface area contributed by atoms with Crippen molar-refractivity contribution >= 4 is 35.4 Å². The number of nitrogens with zero attached hydrogens (tertiary/aromatic N) is 5. The monoisotopic (exact) mass is 506 g/mol. The molecule has 3 N–H and O–H groups in total. The zero-order valence-corrected chi connectivity index (χ0v) is 20.9. The lowest BCUT2D eigenvalue weighted by Gasteiger charge is -2.21. The average molecular weight is 507 g/mol. The van der Waals surface area contributed by atoms with Gasteiger partial charge in [0.25, 0.3) is 11.8 Å². The van der Waals surface area contributed by atoms with Crippen LogP contribution >= 0.6 is 0 Å². The van der Waals surface area contributed by atoms with Gasteiger partial charge in [-0.3, -0.25) is 14.4 Å². The first-order valence-electron chi connectivity index (χ1n) is 12.3. The Morgan fingerprint density at radius 3 is 2.62 bits per heavy atom. The molecule has 194 valence electrons. The fraction of sp³-hybridized carbons (Fsp3) is 0.385. The van der Waals surface area contributed by atoms with Crippen LogP contribution in [0.2, 0.25) is 0 Å². The molecule has 0 saturated carbocycles. The van der Waals surface area contributed by atoms with Crippen molar-refractivity contribution < 1.29 is 24.3 Å². The largest absolute Gasteiger partial charge is 0.480 e. The van der Waals surface area contributed by atoms with Gasteiger partial charge < -0.3 is 15.7 Å². The SMILES string of the molecule is CCCN(OCC)C(=O)C1=Cc2ccc(-c3cnc(C(=O)N4CCC[C@@H]4C(=O)O)nc3)cc2N=C(N)C1. The fourth-order valence-electron chi connectivity index (χ4n) is 4.43. The third kappa shape index (κ3) is 5.67. The van der Waals surface area contributed by atoms with Crippen LogP contribution in [0.5, 0.6) is 0 Å². The maximum absolute atomic E-state index is 13.1. The Kier molecular flexibility index (Phi) is 7.92. The van der Waals surface area contributed by atoms with Crippen LogP contribution in [0.15, 0.2) is 41.2 Å². The number of hydroxylamine groups is 2. The van der Waals surface area contributed by atoms with Gasteiger partial charge in [-0.25, -0.2) is 24.8 Å². The zero-order valence-electron chi connectivity index (χ0n) is 20.9. The smallest absolute Gasteiger partial charge is 0.326 e. The normalized spacial score (nSPS) is 16.9. The van der Waals surface area contributed by atoms with Crippen LogP contribution in [0, 0.1) is 0 Å². The summed E-state index contributed by atoms with van der Waals surface area (Å²) in [5, 5.41) is 10.7. The Morgan fingerprint density at radius 2 is 1.95 bits per heavy atom. The van der Waals surface area contributed by atoms with Crippen molar-refractivity contribution in [1.29, 1.82) is 0 Å². The highest BCUT2D eigenvalue weighted by molar-refractivity contribution is 6.05. The molecule has 0 bridgehead atoms. The standard InChI is InChI=1S/C26H30N6O5/c1-3-9-32(37-4-2)24(33)18-11-17-8-7-16(12-20(17)30-22(27)13-18)19-14-28-23(29-15-19)25(34)31-10-5-6-21(31)26(35)36/h7-8,11-12,14-15,21H,3-6,9-10,13H2,1-2H3,(H2,27,30)(H,35,36)/t21-/m1/s1. The maximum atomic E-state index is 13.1. The molecule has 3 heterocycles. The van der Waals surface area contributed by atoms with Crippen LogP contribution in [0.25, 0.3) is 17.2 Å². The second-order valence-electron chi connectivity index (χ2n) is 8.84. The lowest BCUT2D eigenvalue weighted by atomic mass is 10.0. The highest BCUT2D eigenvalue weighted by Crippen LogP contribution is 2.32. The number of carboxylic acid groups (broad SMARTS) is 1. The van der Waals surface area contributed by atoms with E-state index in [2.05, 4.69) is 15.0 Å². The number of aliphatic carboxylic acids is 1. The molecular formula is C26H30N6O5. The molecule has 1 atom stereocenters. The molecule has 2 amide bonds. The quantitative estimate of drug-likeness (QED) is 0.519. The molecule has 0 spiro atoms. The minimum atomic E-state index is -1.03. The summed E-state index contributed by atoms with van der Waals surface area (Å²) in [6, 6.07) is 4.66. The van der Waals surface area contributed by atoms with Crippen molar-refractivity contribution in [2.75, 3.05) is 19.7 Å². The van der Waals surface area contributed by atoms with Gasteiger partial charge in [0.2, 0.25) is 5.82 Å². The first kappa shape index (κ1) is 26.0. The van der Waals surface area contributed by atoms with Gasteiger partial charge in [-0.05, 0) is 43.9 Å². The highest BCUT2D eigenvalue weighted by atomic mass is 16.7. The number of carboxylic acids is 1. The lowest BCUT2D eigenvalue weighted by molar-refractivity contribution is -0.180. The van der Waals surface area contributed by atoms with Crippen LogP contribution in [0.4, 0.5) is 5.69 Å². The summed E-state index contributed by atoms with van der Waals surface area (Å²) < 4.78 is 0. The van der Waals surface area contributed by atoms with Gasteiger partial charge >= 0.3 is 5.97 Å². The number of hydrogen-bond donors (Lipinski definition) is 2. The summed E-state index contributed by atoms with van der Waals surface area (Å²) in [7, 11) is 0. The van der Waals surface area contributed by atoms with E-state index < -0.39 is 17.9 Å². The Morgan fingerprint density at radius 1 is 1.19 bits per heavy atom. The molecule has 1 aromatic carbocycles. The van der Waals surface area contributed by atoms with Gasteiger partial charge in [-0.1, -0.05) is 19.1 Å². The molecule has 2 aliphatic heterocycles. The molecule has 1 fully saturated rings. The topological polar surface area (TPSA) is 151 Å². The molecule has 0 unspecified atom stereocenters. The second kappa shape index (κ2) is 11.3. The first-order valence-corrected chi connectivity index (χ1v) is 12.3. The predicted octanol–water partition coefficient (Wildman–Crippen LogP) is 2.80. The number of rotatable bonds is 8. The van der Waals surface area contributed by atoms with Crippen LogP contribution in [0.3, 0.4) is 0 Å². The molecule has 11 heteroatoms. The number of fused-ring (bicyclic) bond motifs is 1. The molecule has 37 heavy (non-hydrogen) atoms. The van der Waals surface area contributed by atoms with Crippen molar-refractivity contribution in [2.24, 2.45) is 10.7 Å². The number of carbonyl (C=O) groups excluding carboxylic acids is 2. The molecule has 0 aliphatic carbocycles. The molecule has 0 radical (unpaired) electrons. The number of amidine groups is 1. The fourth-order valence-corrected chi connectivity index (χ4v) is 4.43. The Balaban J connectivity index is 1.57. The molecule has 2 aromatic rings. The zero-order chi connectivity index (χ0) is 26.5.